The first-order chi connectivity index (χ1) is 15.3. The zero-order valence-electron chi connectivity index (χ0n) is 16.3. The van der Waals surface area contributed by atoms with Crippen molar-refractivity contribution < 1.29 is 45.5 Å². The van der Waals surface area contributed by atoms with Gasteiger partial charge >= 0.3 is 24.2 Å². The molecule has 2 rings (SSSR count). The SMILES string of the molecule is O=CN(Nc1ccc(Cc2ccc(NN(C=O)C(=O)C(F)(F)F)cc2)cc1)C(=O)C(F)(F)F. The summed E-state index contributed by atoms with van der Waals surface area (Å²) in [4.78, 5) is 43.7. The van der Waals surface area contributed by atoms with Gasteiger partial charge in [-0.05, 0) is 41.8 Å². The van der Waals surface area contributed by atoms with Crippen LogP contribution in [0.4, 0.5) is 37.7 Å². The molecule has 0 bridgehead atoms. The fourth-order valence-electron chi connectivity index (χ4n) is 2.43. The molecular weight excluding hydrogens is 462 g/mol. The van der Waals surface area contributed by atoms with E-state index in [1.54, 1.807) is 0 Å². The molecule has 0 fully saturated rings. The number of anilines is 2. The second-order valence-electron chi connectivity index (χ2n) is 6.35. The van der Waals surface area contributed by atoms with Crippen LogP contribution in [0.3, 0.4) is 0 Å². The summed E-state index contributed by atoms with van der Waals surface area (Å²) in [6.45, 7) is 0. The molecule has 0 spiro atoms. The van der Waals surface area contributed by atoms with Gasteiger partial charge in [-0.1, -0.05) is 24.3 Å². The molecule has 0 saturated heterocycles. The van der Waals surface area contributed by atoms with E-state index in [1.807, 2.05) is 10.9 Å². The Kier molecular flexibility index (Phi) is 7.64. The molecule has 0 atom stereocenters. The van der Waals surface area contributed by atoms with Crippen molar-refractivity contribution >= 4 is 36.0 Å². The fourth-order valence-corrected chi connectivity index (χ4v) is 2.43. The highest BCUT2D eigenvalue weighted by Crippen LogP contribution is 2.21. The molecule has 0 aliphatic rings. The van der Waals surface area contributed by atoms with Gasteiger partial charge in [-0.15, -0.1) is 0 Å². The first-order valence-corrected chi connectivity index (χ1v) is 8.77. The van der Waals surface area contributed by atoms with Crippen molar-refractivity contribution in [3.05, 3.63) is 59.7 Å². The Hall–Kier alpha value is -4.10. The van der Waals surface area contributed by atoms with Gasteiger partial charge < -0.3 is 0 Å². The molecule has 0 aliphatic heterocycles. The van der Waals surface area contributed by atoms with Gasteiger partial charge in [-0.25, -0.2) is 0 Å². The smallest absolute Gasteiger partial charge is 0.289 e. The Morgan fingerprint density at radius 2 is 0.970 bits per heavy atom. The maximum absolute atomic E-state index is 12.4. The molecule has 0 heterocycles. The lowest BCUT2D eigenvalue weighted by Gasteiger charge is -2.19. The van der Waals surface area contributed by atoms with Crippen LogP contribution < -0.4 is 10.9 Å². The van der Waals surface area contributed by atoms with Crippen LogP contribution >= 0.6 is 0 Å². The Morgan fingerprint density at radius 3 is 1.21 bits per heavy atom. The van der Waals surface area contributed by atoms with E-state index in [0.29, 0.717) is 17.5 Å². The van der Waals surface area contributed by atoms with E-state index in [0.717, 1.165) is 0 Å². The molecule has 0 aromatic heterocycles. The number of carbonyl (C=O) groups is 4. The number of carbonyl (C=O) groups excluding carboxylic acids is 4. The van der Waals surface area contributed by atoms with Gasteiger partial charge in [0.25, 0.3) is 0 Å². The molecule has 33 heavy (non-hydrogen) atoms. The van der Waals surface area contributed by atoms with Crippen molar-refractivity contribution in [3.63, 3.8) is 0 Å². The maximum Gasteiger partial charge on any atom is 0.473 e. The first-order valence-electron chi connectivity index (χ1n) is 8.77. The van der Waals surface area contributed by atoms with Gasteiger partial charge in [0.15, 0.2) is 0 Å². The highest BCUT2D eigenvalue weighted by molar-refractivity contribution is 5.92. The number of benzene rings is 2. The highest BCUT2D eigenvalue weighted by Gasteiger charge is 2.43. The molecule has 4 amide bonds. The van der Waals surface area contributed by atoms with E-state index in [4.69, 9.17) is 0 Å². The number of alkyl halides is 6. The fraction of sp³-hybridized carbons (Fsp3) is 0.158. The van der Waals surface area contributed by atoms with E-state index in [2.05, 4.69) is 0 Å². The van der Waals surface area contributed by atoms with Gasteiger partial charge in [0.05, 0.1) is 11.4 Å². The lowest BCUT2D eigenvalue weighted by Crippen LogP contribution is -2.43. The van der Waals surface area contributed by atoms with Gasteiger partial charge in [-0.3, -0.25) is 30.0 Å². The van der Waals surface area contributed by atoms with E-state index in [9.17, 15) is 45.5 Å². The Balaban J connectivity index is 2.01. The second kappa shape index (κ2) is 10.0. The summed E-state index contributed by atoms with van der Waals surface area (Å²) < 4.78 is 74.5. The standard InChI is InChI=1S/C19H14F6N4O4/c20-18(21,22)16(32)28(10-30)26-14-5-1-12(2-6-14)9-13-3-7-15(8-4-13)27-29(11-31)17(33)19(23,24)25/h1-8,10-11,26-27H,9H2. The van der Waals surface area contributed by atoms with E-state index in [-0.39, 0.29) is 34.2 Å². The minimum atomic E-state index is -5.24. The summed E-state index contributed by atoms with van der Waals surface area (Å²) in [5.74, 6) is -4.78. The Labute approximate surface area is 181 Å². The second-order valence-corrected chi connectivity index (χ2v) is 6.35. The van der Waals surface area contributed by atoms with Crippen LogP contribution in [0.2, 0.25) is 0 Å². The van der Waals surface area contributed by atoms with Gasteiger partial charge in [0.1, 0.15) is 0 Å². The third-order valence-electron chi connectivity index (χ3n) is 3.95. The van der Waals surface area contributed by atoms with E-state index >= 15 is 0 Å². The minimum Gasteiger partial charge on any atom is -0.289 e. The third kappa shape index (κ3) is 6.95. The number of hydrogen-bond acceptors (Lipinski definition) is 6. The number of hydrazine groups is 2. The van der Waals surface area contributed by atoms with Gasteiger partial charge in [0.2, 0.25) is 12.8 Å². The Morgan fingerprint density at radius 1 is 0.667 bits per heavy atom. The zero-order chi connectivity index (χ0) is 24.8. The highest BCUT2D eigenvalue weighted by atomic mass is 19.4. The number of imide groups is 2. The summed E-state index contributed by atoms with van der Waals surface area (Å²) in [7, 11) is 0. The van der Waals surface area contributed by atoms with Crippen LogP contribution in [-0.4, -0.2) is 47.0 Å². The normalized spacial score (nSPS) is 11.3. The summed E-state index contributed by atoms with van der Waals surface area (Å²) in [6.07, 6.45) is -10.8. The van der Waals surface area contributed by atoms with Crippen LogP contribution in [-0.2, 0) is 25.6 Å². The number of hydrogen-bond donors (Lipinski definition) is 2. The van der Waals surface area contributed by atoms with Crippen LogP contribution in [0.1, 0.15) is 11.1 Å². The predicted octanol–water partition coefficient (Wildman–Crippen LogP) is 3.03. The van der Waals surface area contributed by atoms with Crippen LogP contribution in [0.5, 0.6) is 0 Å². The molecule has 0 saturated carbocycles. The molecule has 0 unspecified atom stereocenters. The average molecular weight is 476 g/mol. The zero-order valence-corrected chi connectivity index (χ0v) is 16.3. The predicted molar refractivity (Wildman–Crippen MR) is 101 cm³/mol. The average Bonchev–Trinajstić information content (AvgIpc) is 2.76. The number of nitrogens with one attached hydrogen (secondary N) is 2. The topological polar surface area (TPSA) is 98.8 Å². The van der Waals surface area contributed by atoms with Crippen molar-refractivity contribution in [2.75, 3.05) is 10.9 Å². The number of halogens is 6. The van der Waals surface area contributed by atoms with E-state index < -0.39 is 24.2 Å². The summed E-state index contributed by atoms with van der Waals surface area (Å²) in [5.41, 5.74) is 5.45. The summed E-state index contributed by atoms with van der Waals surface area (Å²) in [6, 6.07) is 11.3. The molecule has 2 N–H and O–H groups in total. The largest absolute Gasteiger partial charge is 0.473 e. The quantitative estimate of drug-likeness (QED) is 0.345. The van der Waals surface area contributed by atoms with Gasteiger partial charge in [0, 0.05) is 0 Å². The van der Waals surface area contributed by atoms with E-state index in [1.165, 1.54) is 48.5 Å². The maximum atomic E-state index is 12.4. The monoisotopic (exact) mass is 476 g/mol. The molecule has 0 aliphatic carbocycles. The number of rotatable bonds is 8. The summed E-state index contributed by atoms with van der Waals surface area (Å²) in [5, 5.41) is -0.486. The molecule has 176 valence electrons. The number of nitrogens with zero attached hydrogens (tertiary/aromatic N) is 2. The lowest BCUT2D eigenvalue weighted by atomic mass is 10.0. The van der Waals surface area contributed by atoms with Crippen molar-refractivity contribution in [2.24, 2.45) is 0 Å². The molecule has 2 aromatic carbocycles. The van der Waals surface area contributed by atoms with Crippen LogP contribution in [0, 0.1) is 0 Å². The first kappa shape index (κ1) is 25.2. The summed E-state index contributed by atoms with van der Waals surface area (Å²) >= 11 is 0. The molecular formula is C19H14F6N4O4. The van der Waals surface area contributed by atoms with Gasteiger partial charge in [-0.2, -0.15) is 36.4 Å². The van der Waals surface area contributed by atoms with Crippen molar-refractivity contribution in [3.8, 4) is 0 Å². The molecule has 14 heteroatoms. The minimum absolute atomic E-state index is 0.0336. The van der Waals surface area contributed by atoms with Crippen molar-refractivity contribution in [1.82, 2.24) is 10.0 Å². The molecule has 2 aromatic rings. The Bertz CT molecular complexity index is 925. The van der Waals surface area contributed by atoms with Crippen molar-refractivity contribution in [1.29, 1.82) is 0 Å². The van der Waals surface area contributed by atoms with Crippen LogP contribution in [0.25, 0.3) is 0 Å². The van der Waals surface area contributed by atoms with Crippen LogP contribution in [0.15, 0.2) is 48.5 Å². The number of amides is 4. The molecule has 0 radical (unpaired) electrons. The lowest BCUT2D eigenvalue weighted by molar-refractivity contribution is -0.184. The molecule has 8 nitrogen and oxygen atoms in total. The third-order valence-corrected chi connectivity index (χ3v) is 3.95. The van der Waals surface area contributed by atoms with Crippen molar-refractivity contribution in [2.45, 2.75) is 18.8 Å².